The van der Waals surface area contributed by atoms with Crippen LogP contribution < -0.4 is 16.0 Å². The summed E-state index contributed by atoms with van der Waals surface area (Å²) in [5, 5.41) is 8.19. The average molecular weight is 572 g/mol. The topological polar surface area (TPSA) is 152 Å². The van der Waals surface area contributed by atoms with Gasteiger partial charge in [-0.05, 0) is 53.5 Å². The lowest BCUT2D eigenvalue weighted by molar-refractivity contribution is -0.159. The van der Waals surface area contributed by atoms with Gasteiger partial charge in [-0.1, -0.05) is 50.1 Å². The number of amides is 3. The quantitative estimate of drug-likeness (QED) is 0.268. The van der Waals surface area contributed by atoms with Gasteiger partial charge in [0.15, 0.2) is 0 Å². The maximum absolute atomic E-state index is 13.6. The number of benzene rings is 1. The Morgan fingerprint density at radius 3 is 1.95 bits per heavy atom. The average Bonchev–Trinajstić information content (AvgIpc) is 3.37. The fourth-order valence-electron chi connectivity index (χ4n) is 3.91. The van der Waals surface area contributed by atoms with E-state index < -0.39 is 53.2 Å². The van der Waals surface area contributed by atoms with Gasteiger partial charge in [0.2, 0.25) is 11.8 Å². The van der Waals surface area contributed by atoms with Gasteiger partial charge in [-0.15, -0.1) is 0 Å². The number of imidazole rings is 1. The van der Waals surface area contributed by atoms with E-state index in [0.717, 1.165) is 12.0 Å². The molecule has 1 heterocycles. The van der Waals surface area contributed by atoms with Gasteiger partial charge in [0.05, 0.1) is 6.33 Å². The normalized spacial score (nSPS) is 13.8. The fraction of sp³-hybridized carbons (Fsp3) is 0.567. The highest BCUT2D eigenvalue weighted by atomic mass is 16.6. The molecule has 0 aliphatic heterocycles. The molecule has 11 heteroatoms. The van der Waals surface area contributed by atoms with Crippen LogP contribution in [0.4, 0.5) is 4.79 Å². The zero-order valence-electron chi connectivity index (χ0n) is 25.2. The fourth-order valence-corrected chi connectivity index (χ4v) is 3.91. The van der Waals surface area contributed by atoms with Crippen LogP contribution in [0.1, 0.15) is 79.0 Å². The molecule has 0 saturated heterocycles. The van der Waals surface area contributed by atoms with Crippen molar-refractivity contribution in [3.05, 3.63) is 54.1 Å². The van der Waals surface area contributed by atoms with Crippen molar-refractivity contribution in [1.29, 1.82) is 0 Å². The monoisotopic (exact) mass is 571 g/mol. The lowest BCUT2D eigenvalue weighted by Gasteiger charge is -2.27. The molecule has 3 amide bonds. The van der Waals surface area contributed by atoms with Crippen LogP contribution in [0, 0.1) is 0 Å². The summed E-state index contributed by atoms with van der Waals surface area (Å²) >= 11 is 0. The number of unbranched alkanes of at least 4 members (excludes halogenated alkanes) is 1. The highest BCUT2D eigenvalue weighted by Crippen LogP contribution is 2.13. The van der Waals surface area contributed by atoms with Crippen LogP contribution in [0.3, 0.4) is 0 Å². The molecule has 2 aromatic rings. The van der Waals surface area contributed by atoms with E-state index in [9.17, 15) is 19.2 Å². The van der Waals surface area contributed by atoms with Gasteiger partial charge in [-0.3, -0.25) is 9.59 Å². The first kappa shape index (κ1) is 33.3. The Morgan fingerprint density at radius 2 is 1.41 bits per heavy atom. The summed E-state index contributed by atoms with van der Waals surface area (Å²) in [6, 6.07) is 6.20. The largest absolute Gasteiger partial charge is 0.458 e. The highest BCUT2D eigenvalue weighted by molar-refractivity contribution is 5.93. The predicted molar refractivity (Wildman–Crippen MR) is 155 cm³/mol. The number of ether oxygens (including phenoxy) is 2. The number of aromatic nitrogens is 2. The summed E-state index contributed by atoms with van der Waals surface area (Å²) < 4.78 is 10.9. The summed E-state index contributed by atoms with van der Waals surface area (Å²) in [4.78, 5) is 59.6. The van der Waals surface area contributed by atoms with Crippen LogP contribution in [0.2, 0.25) is 0 Å². The number of nitrogens with zero attached hydrogens (tertiary/aromatic N) is 1. The standard InChI is InChI=1S/C30H45N5O6/c1-8-9-15-22(27(38)40-29(2,3)4)33-26(37)24(17-21-18-31-19-32-21)34-25(36)23(16-20-13-11-10-12-14-20)35-28(39)41-30(5,6)7/h10-14,18-19,22-24H,8-9,15-17H2,1-7H3,(H,31,32)(H,33,37)(H,34,36)(H,35,39)/t22-,23-,24-/m0/s1. The summed E-state index contributed by atoms with van der Waals surface area (Å²) in [6.45, 7) is 12.4. The Labute approximate surface area is 242 Å². The predicted octanol–water partition coefficient (Wildman–Crippen LogP) is 3.59. The lowest BCUT2D eigenvalue weighted by atomic mass is 10.0. The molecule has 0 saturated carbocycles. The van der Waals surface area contributed by atoms with E-state index in [4.69, 9.17) is 9.47 Å². The third kappa shape index (κ3) is 12.9. The van der Waals surface area contributed by atoms with Gasteiger partial charge in [-0.25, -0.2) is 14.6 Å². The van der Waals surface area contributed by atoms with Crippen molar-refractivity contribution in [1.82, 2.24) is 25.9 Å². The van der Waals surface area contributed by atoms with Crippen molar-refractivity contribution < 1.29 is 28.7 Å². The molecule has 0 unspecified atom stereocenters. The number of nitrogens with one attached hydrogen (secondary N) is 4. The van der Waals surface area contributed by atoms with Crippen molar-refractivity contribution in [3.8, 4) is 0 Å². The number of carbonyl (C=O) groups excluding carboxylic acids is 4. The molecule has 3 atom stereocenters. The number of hydrogen-bond acceptors (Lipinski definition) is 7. The van der Waals surface area contributed by atoms with E-state index in [0.29, 0.717) is 18.5 Å². The molecular formula is C30H45N5O6. The van der Waals surface area contributed by atoms with Gasteiger partial charge in [0.1, 0.15) is 29.3 Å². The molecule has 0 spiro atoms. The molecule has 1 aromatic carbocycles. The summed E-state index contributed by atoms with van der Waals surface area (Å²) in [7, 11) is 0. The molecule has 11 nitrogen and oxygen atoms in total. The Hall–Kier alpha value is -3.89. The number of H-pyrrole nitrogens is 1. The molecule has 0 fully saturated rings. The van der Waals surface area contributed by atoms with E-state index in [1.807, 2.05) is 37.3 Å². The van der Waals surface area contributed by atoms with Crippen LogP contribution in [-0.2, 0) is 36.7 Å². The smallest absolute Gasteiger partial charge is 0.408 e. The van der Waals surface area contributed by atoms with Gasteiger partial charge in [0.25, 0.3) is 0 Å². The van der Waals surface area contributed by atoms with Crippen LogP contribution in [0.25, 0.3) is 0 Å². The zero-order chi connectivity index (χ0) is 30.6. The first-order chi connectivity index (χ1) is 19.2. The minimum atomic E-state index is -1.08. The lowest BCUT2D eigenvalue weighted by Crippen LogP contribution is -2.57. The second-order valence-electron chi connectivity index (χ2n) is 12.0. The number of esters is 1. The third-order valence-electron chi connectivity index (χ3n) is 5.76. The number of rotatable bonds is 13. The van der Waals surface area contributed by atoms with Crippen LogP contribution in [0.5, 0.6) is 0 Å². The molecule has 226 valence electrons. The van der Waals surface area contributed by atoms with Crippen molar-refractivity contribution in [2.24, 2.45) is 0 Å². The molecule has 0 radical (unpaired) electrons. The molecule has 0 bridgehead atoms. The zero-order valence-corrected chi connectivity index (χ0v) is 25.2. The van der Waals surface area contributed by atoms with Crippen molar-refractivity contribution in [2.75, 3.05) is 0 Å². The van der Waals surface area contributed by atoms with E-state index in [1.165, 1.54) is 6.33 Å². The SMILES string of the molecule is CCCC[C@H](NC(=O)[C@H](Cc1cnc[nH]1)NC(=O)[C@H](Cc1ccccc1)NC(=O)OC(C)(C)C)C(=O)OC(C)(C)C. The molecule has 1 aromatic heterocycles. The Balaban J connectivity index is 2.29. The van der Waals surface area contributed by atoms with Gasteiger partial charge in [-0.2, -0.15) is 0 Å². The first-order valence-electron chi connectivity index (χ1n) is 14.0. The van der Waals surface area contributed by atoms with Crippen molar-refractivity contribution >= 4 is 23.9 Å². The van der Waals surface area contributed by atoms with E-state index in [2.05, 4.69) is 25.9 Å². The third-order valence-corrected chi connectivity index (χ3v) is 5.76. The second-order valence-corrected chi connectivity index (χ2v) is 12.0. The van der Waals surface area contributed by atoms with Gasteiger partial charge < -0.3 is 30.4 Å². The number of carbonyl (C=O) groups is 4. The molecular weight excluding hydrogens is 526 g/mol. The second kappa shape index (κ2) is 15.2. The van der Waals surface area contributed by atoms with Gasteiger partial charge >= 0.3 is 12.1 Å². The summed E-state index contributed by atoms with van der Waals surface area (Å²) in [6.07, 6.45) is 4.42. The summed E-state index contributed by atoms with van der Waals surface area (Å²) in [5.74, 6) is -1.68. The molecule has 41 heavy (non-hydrogen) atoms. The van der Waals surface area contributed by atoms with E-state index in [1.54, 1.807) is 47.7 Å². The number of hydrogen-bond donors (Lipinski definition) is 4. The molecule has 0 aliphatic rings. The molecule has 2 rings (SSSR count). The Bertz CT molecular complexity index is 1120. The van der Waals surface area contributed by atoms with Crippen molar-refractivity contribution in [3.63, 3.8) is 0 Å². The minimum Gasteiger partial charge on any atom is -0.458 e. The molecule has 4 N–H and O–H groups in total. The van der Waals surface area contributed by atoms with E-state index >= 15 is 0 Å². The van der Waals surface area contributed by atoms with Crippen molar-refractivity contribution in [2.45, 2.75) is 110 Å². The van der Waals surface area contributed by atoms with Crippen LogP contribution in [-0.4, -0.2) is 63.2 Å². The molecule has 0 aliphatic carbocycles. The van der Waals surface area contributed by atoms with Gasteiger partial charge in [0, 0.05) is 24.7 Å². The van der Waals surface area contributed by atoms with Crippen LogP contribution >= 0.6 is 0 Å². The summed E-state index contributed by atoms with van der Waals surface area (Å²) in [5.41, 5.74) is -0.0838. The Morgan fingerprint density at radius 1 is 0.829 bits per heavy atom. The minimum absolute atomic E-state index is 0.0802. The number of alkyl carbamates (subject to hydrolysis) is 1. The highest BCUT2D eigenvalue weighted by Gasteiger charge is 2.32. The Kier molecular flexibility index (Phi) is 12.4. The van der Waals surface area contributed by atoms with Crippen LogP contribution in [0.15, 0.2) is 42.9 Å². The number of aromatic amines is 1. The maximum atomic E-state index is 13.6. The maximum Gasteiger partial charge on any atom is 0.408 e. The first-order valence-corrected chi connectivity index (χ1v) is 14.0. The van der Waals surface area contributed by atoms with E-state index in [-0.39, 0.29) is 12.8 Å².